The van der Waals surface area contributed by atoms with E-state index in [2.05, 4.69) is 17.2 Å². The second-order valence-electron chi connectivity index (χ2n) is 4.49. The van der Waals surface area contributed by atoms with E-state index < -0.39 is 0 Å². The van der Waals surface area contributed by atoms with Crippen molar-refractivity contribution in [1.29, 1.82) is 0 Å². The third-order valence-electron chi connectivity index (χ3n) is 3.08. The van der Waals surface area contributed by atoms with Gasteiger partial charge in [0.2, 0.25) is 0 Å². The molecule has 1 aromatic carbocycles. The van der Waals surface area contributed by atoms with Crippen molar-refractivity contribution in [1.82, 2.24) is 10.3 Å². The van der Waals surface area contributed by atoms with Gasteiger partial charge >= 0.3 is 0 Å². The van der Waals surface area contributed by atoms with Crippen LogP contribution in [0.25, 0.3) is 11.3 Å². The molecule has 1 aromatic heterocycles. The van der Waals surface area contributed by atoms with Gasteiger partial charge in [-0.05, 0) is 38.1 Å². The normalized spacial score (nSPS) is 10.9. The number of hydrogen-bond acceptors (Lipinski definition) is 3. The fourth-order valence-corrected chi connectivity index (χ4v) is 2.14. The lowest BCUT2D eigenvalue weighted by Crippen LogP contribution is -2.14. The molecule has 0 saturated heterocycles. The van der Waals surface area contributed by atoms with Gasteiger partial charge in [-0.3, -0.25) is 0 Å². The van der Waals surface area contributed by atoms with Crippen molar-refractivity contribution in [3.63, 3.8) is 0 Å². The third-order valence-corrected chi connectivity index (χ3v) is 3.49. The Morgan fingerprint density at radius 3 is 3.00 bits per heavy atom. The first kappa shape index (κ1) is 14.1. The van der Waals surface area contributed by atoms with Gasteiger partial charge in [0, 0.05) is 17.0 Å². The molecule has 4 heteroatoms. The highest BCUT2D eigenvalue weighted by Crippen LogP contribution is 2.28. The lowest BCUT2D eigenvalue weighted by Gasteiger charge is -2.03. The van der Waals surface area contributed by atoms with Crippen molar-refractivity contribution in [3.05, 3.63) is 40.9 Å². The first-order chi connectivity index (χ1) is 9.22. The highest BCUT2D eigenvalue weighted by molar-refractivity contribution is 6.31. The summed E-state index contributed by atoms with van der Waals surface area (Å²) in [6.07, 6.45) is 3.66. The number of aryl methyl sites for hydroxylation is 1. The second kappa shape index (κ2) is 6.73. The van der Waals surface area contributed by atoms with Crippen LogP contribution in [-0.4, -0.2) is 18.1 Å². The first-order valence-corrected chi connectivity index (χ1v) is 7.01. The van der Waals surface area contributed by atoms with Crippen molar-refractivity contribution < 1.29 is 4.42 Å². The van der Waals surface area contributed by atoms with Gasteiger partial charge in [-0.2, -0.15) is 0 Å². The van der Waals surface area contributed by atoms with Crippen LogP contribution in [0.3, 0.4) is 0 Å². The van der Waals surface area contributed by atoms with E-state index >= 15 is 0 Å². The van der Waals surface area contributed by atoms with E-state index in [1.54, 1.807) is 6.20 Å². The molecule has 0 aliphatic carbocycles. The van der Waals surface area contributed by atoms with Crippen LogP contribution in [0.5, 0.6) is 0 Å². The summed E-state index contributed by atoms with van der Waals surface area (Å²) in [5.74, 6) is 1.57. The Bertz CT molecular complexity index is 537. The standard InChI is InChI=1S/C15H19ClN2O/c1-3-17-9-5-8-15-18-10-14(19-15)12-6-4-7-13(16)11(12)2/h4,6-7,10,17H,3,5,8-9H2,1-2H3. The van der Waals surface area contributed by atoms with Gasteiger partial charge in [0.25, 0.3) is 0 Å². The fourth-order valence-electron chi connectivity index (χ4n) is 1.97. The minimum Gasteiger partial charge on any atom is -0.441 e. The Labute approximate surface area is 119 Å². The van der Waals surface area contributed by atoms with E-state index in [1.807, 2.05) is 25.1 Å². The van der Waals surface area contributed by atoms with Gasteiger partial charge in [0.15, 0.2) is 11.7 Å². The summed E-state index contributed by atoms with van der Waals surface area (Å²) < 4.78 is 5.79. The summed E-state index contributed by atoms with van der Waals surface area (Å²) in [7, 11) is 0. The third kappa shape index (κ3) is 3.58. The van der Waals surface area contributed by atoms with Crippen LogP contribution in [0.1, 0.15) is 24.8 Å². The van der Waals surface area contributed by atoms with Crippen molar-refractivity contribution in [3.8, 4) is 11.3 Å². The Morgan fingerprint density at radius 2 is 2.21 bits per heavy atom. The van der Waals surface area contributed by atoms with Crippen LogP contribution in [-0.2, 0) is 6.42 Å². The Kier molecular flexibility index (Phi) is 5.00. The molecule has 0 spiro atoms. The van der Waals surface area contributed by atoms with Crippen molar-refractivity contribution >= 4 is 11.6 Å². The molecule has 3 nitrogen and oxygen atoms in total. The minimum absolute atomic E-state index is 0.752. The van der Waals surface area contributed by atoms with Crippen molar-refractivity contribution in [2.75, 3.05) is 13.1 Å². The number of nitrogens with one attached hydrogen (secondary N) is 1. The number of halogens is 1. The summed E-state index contributed by atoms with van der Waals surface area (Å²) in [6, 6.07) is 5.82. The van der Waals surface area contributed by atoms with E-state index in [0.717, 1.165) is 53.7 Å². The zero-order valence-electron chi connectivity index (χ0n) is 11.4. The van der Waals surface area contributed by atoms with Gasteiger partial charge < -0.3 is 9.73 Å². The van der Waals surface area contributed by atoms with Gasteiger partial charge in [-0.1, -0.05) is 30.7 Å². The first-order valence-electron chi connectivity index (χ1n) is 6.63. The Balaban J connectivity index is 2.06. The Morgan fingerprint density at radius 1 is 1.37 bits per heavy atom. The molecule has 1 heterocycles. The van der Waals surface area contributed by atoms with Gasteiger partial charge in [0.05, 0.1) is 6.20 Å². The maximum atomic E-state index is 6.12. The summed E-state index contributed by atoms with van der Waals surface area (Å²) in [6.45, 7) is 6.08. The number of nitrogens with zero attached hydrogens (tertiary/aromatic N) is 1. The molecule has 102 valence electrons. The van der Waals surface area contributed by atoms with Crippen LogP contribution in [0.4, 0.5) is 0 Å². The van der Waals surface area contributed by atoms with E-state index in [9.17, 15) is 0 Å². The number of rotatable bonds is 6. The summed E-state index contributed by atoms with van der Waals surface area (Å²) in [5, 5.41) is 4.04. The van der Waals surface area contributed by atoms with Gasteiger partial charge in [0.1, 0.15) is 0 Å². The number of benzene rings is 1. The molecule has 0 fully saturated rings. The topological polar surface area (TPSA) is 38.1 Å². The molecule has 2 aromatic rings. The van der Waals surface area contributed by atoms with Crippen molar-refractivity contribution in [2.24, 2.45) is 0 Å². The molecule has 19 heavy (non-hydrogen) atoms. The summed E-state index contributed by atoms with van der Waals surface area (Å²) in [5.41, 5.74) is 2.04. The SMILES string of the molecule is CCNCCCc1ncc(-c2cccc(Cl)c2C)o1. The molecule has 0 bridgehead atoms. The Hall–Kier alpha value is -1.32. The van der Waals surface area contributed by atoms with E-state index in [1.165, 1.54) is 0 Å². The minimum atomic E-state index is 0.752. The molecular weight excluding hydrogens is 260 g/mol. The molecule has 2 rings (SSSR count). The largest absolute Gasteiger partial charge is 0.441 e. The zero-order valence-corrected chi connectivity index (χ0v) is 12.1. The summed E-state index contributed by atoms with van der Waals surface area (Å²) >= 11 is 6.12. The quantitative estimate of drug-likeness (QED) is 0.816. The molecule has 0 atom stereocenters. The fraction of sp³-hybridized carbons (Fsp3) is 0.400. The predicted octanol–water partition coefficient (Wildman–Crippen LogP) is 3.85. The number of oxazole rings is 1. The van der Waals surface area contributed by atoms with Crippen LogP contribution < -0.4 is 5.32 Å². The molecule has 0 unspecified atom stereocenters. The van der Waals surface area contributed by atoms with Crippen LogP contribution in [0.2, 0.25) is 5.02 Å². The lowest BCUT2D eigenvalue weighted by atomic mass is 10.1. The van der Waals surface area contributed by atoms with E-state index in [-0.39, 0.29) is 0 Å². The van der Waals surface area contributed by atoms with E-state index in [4.69, 9.17) is 16.0 Å². The summed E-state index contributed by atoms with van der Waals surface area (Å²) in [4.78, 5) is 4.32. The lowest BCUT2D eigenvalue weighted by molar-refractivity contribution is 0.493. The van der Waals surface area contributed by atoms with Gasteiger partial charge in [-0.15, -0.1) is 0 Å². The second-order valence-corrected chi connectivity index (χ2v) is 4.89. The van der Waals surface area contributed by atoms with Gasteiger partial charge in [-0.25, -0.2) is 4.98 Å². The smallest absolute Gasteiger partial charge is 0.194 e. The van der Waals surface area contributed by atoms with Crippen molar-refractivity contribution in [2.45, 2.75) is 26.7 Å². The highest BCUT2D eigenvalue weighted by atomic mass is 35.5. The molecule has 0 saturated carbocycles. The average Bonchev–Trinajstić information content (AvgIpc) is 2.87. The molecule has 0 radical (unpaired) electrons. The number of aromatic nitrogens is 1. The number of hydrogen-bond donors (Lipinski definition) is 1. The maximum absolute atomic E-state index is 6.12. The maximum Gasteiger partial charge on any atom is 0.194 e. The van der Waals surface area contributed by atoms with Crippen LogP contribution >= 0.6 is 11.6 Å². The molecule has 0 aliphatic heterocycles. The predicted molar refractivity (Wildman–Crippen MR) is 78.6 cm³/mol. The monoisotopic (exact) mass is 278 g/mol. The van der Waals surface area contributed by atoms with Crippen LogP contribution in [0, 0.1) is 6.92 Å². The van der Waals surface area contributed by atoms with E-state index in [0.29, 0.717) is 0 Å². The average molecular weight is 279 g/mol. The molecule has 1 N–H and O–H groups in total. The molecule has 0 amide bonds. The highest BCUT2D eigenvalue weighted by Gasteiger charge is 2.10. The molecular formula is C15H19ClN2O. The molecule has 0 aliphatic rings. The zero-order chi connectivity index (χ0) is 13.7. The van der Waals surface area contributed by atoms with Crippen LogP contribution in [0.15, 0.2) is 28.8 Å².